The van der Waals surface area contributed by atoms with E-state index >= 15 is 0 Å². The van der Waals surface area contributed by atoms with Gasteiger partial charge in [-0.05, 0) is 19.2 Å². The number of benzene rings is 1. The normalized spacial score (nSPS) is 12.1. The first-order valence-corrected chi connectivity index (χ1v) is 10.0. The summed E-state index contributed by atoms with van der Waals surface area (Å²) < 4.78 is 8.10. The van der Waals surface area contributed by atoms with E-state index in [0.29, 0.717) is 25.6 Å². The van der Waals surface area contributed by atoms with Crippen molar-refractivity contribution >= 4 is 34.5 Å². The molecule has 0 aliphatic rings. The molecule has 150 valence electrons. The number of hydrogen-bond acceptors (Lipinski definition) is 5. The lowest BCUT2D eigenvalue weighted by Gasteiger charge is -2.26. The van der Waals surface area contributed by atoms with Crippen LogP contribution in [0.1, 0.15) is 39.4 Å². The van der Waals surface area contributed by atoms with Crippen molar-refractivity contribution in [3.63, 3.8) is 0 Å². The molecule has 0 unspecified atom stereocenters. The summed E-state index contributed by atoms with van der Waals surface area (Å²) in [6.07, 6.45) is 3.14. The molecule has 3 rings (SSSR count). The van der Waals surface area contributed by atoms with Crippen LogP contribution in [0, 0.1) is 5.41 Å². The van der Waals surface area contributed by atoms with Crippen LogP contribution in [0.2, 0.25) is 0 Å². The smallest absolute Gasteiger partial charge is 0.180 e. The molecule has 3 aromatic rings. The van der Waals surface area contributed by atoms with E-state index in [2.05, 4.69) is 48.1 Å². The summed E-state index contributed by atoms with van der Waals surface area (Å²) >= 11 is 0. The number of aliphatic imine (C=N–C) groups is 1. The molecule has 1 aromatic carbocycles. The van der Waals surface area contributed by atoms with E-state index in [9.17, 15) is 0 Å². The van der Waals surface area contributed by atoms with Crippen LogP contribution in [0.25, 0.3) is 21.9 Å². The fourth-order valence-corrected chi connectivity index (χ4v) is 3.58. The molecule has 2 heterocycles. The Morgan fingerprint density at radius 3 is 2.75 bits per heavy atom. The molecule has 2 aromatic heterocycles. The summed E-state index contributed by atoms with van der Waals surface area (Å²) in [5, 5.41) is 1.10. The van der Waals surface area contributed by atoms with Crippen LogP contribution < -0.4 is 5.73 Å². The predicted molar refractivity (Wildman–Crippen MR) is 117 cm³/mol. The Hall–Kier alpha value is -2.31. The SMILES string of the molecule is C=Nc1nc2ccccc2c2c1nc(CCCC)n2CC(C)(C)COCCN. The predicted octanol–water partition coefficient (Wildman–Crippen LogP) is 4.26. The van der Waals surface area contributed by atoms with Gasteiger partial charge in [0.15, 0.2) is 5.82 Å². The molecule has 6 heteroatoms. The van der Waals surface area contributed by atoms with Crippen molar-refractivity contribution in [3.05, 3.63) is 30.1 Å². The van der Waals surface area contributed by atoms with Gasteiger partial charge in [-0.3, -0.25) is 0 Å². The number of ether oxygens (including phenoxy) is 1. The Kier molecular flexibility index (Phi) is 6.42. The highest BCUT2D eigenvalue weighted by Gasteiger charge is 2.24. The third kappa shape index (κ3) is 4.23. The number of fused-ring (bicyclic) bond motifs is 3. The summed E-state index contributed by atoms with van der Waals surface area (Å²) in [4.78, 5) is 13.8. The van der Waals surface area contributed by atoms with Crippen molar-refractivity contribution in [3.8, 4) is 0 Å². The number of para-hydroxylation sites is 1. The summed E-state index contributed by atoms with van der Waals surface area (Å²) in [5.74, 6) is 1.68. The second-order valence-electron chi connectivity index (χ2n) is 8.03. The largest absolute Gasteiger partial charge is 0.380 e. The van der Waals surface area contributed by atoms with E-state index in [-0.39, 0.29) is 5.41 Å². The molecule has 0 saturated heterocycles. The molecule has 2 N–H and O–H groups in total. The Bertz CT molecular complexity index is 960. The first-order chi connectivity index (χ1) is 13.5. The monoisotopic (exact) mass is 381 g/mol. The van der Waals surface area contributed by atoms with Gasteiger partial charge >= 0.3 is 0 Å². The number of nitrogens with zero attached hydrogens (tertiary/aromatic N) is 4. The van der Waals surface area contributed by atoms with Crippen LogP contribution in [0.3, 0.4) is 0 Å². The molecular formula is C22H31N5O. The van der Waals surface area contributed by atoms with Gasteiger partial charge in [0.1, 0.15) is 11.3 Å². The maximum atomic E-state index is 5.76. The standard InChI is InChI=1S/C22H31N5O/c1-5-6-11-18-26-19-20(27(18)14-22(2,3)15-28-13-12-23)16-9-7-8-10-17(16)25-21(19)24-4/h7-10H,4-6,11-15,23H2,1-3H3. The zero-order valence-corrected chi connectivity index (χ0v) is 17.2. The van der Waals surface area contributed by atoms with Crippen molar-refractivity contribution < 1.29 is 4.74 Å². The minimum atomic E-state index is -0.0596. The molecule has 0 radical (unpaired) electrons. The zero-order valence-electron chi connectivity index (χ0n) is 17.2. The maximum absolute atomic E-state index is 5.76. The number of hydrogen-bond donors (Lipinski definition) is 1. The Morgan fingerprint density at radius 1 is 1.25 bits per heavy atom. The lowest BCUT2D eigenvalue weighted by Crippen LogP contribution is -2.27. The summed E-state index contributed by atoms with van der Waals surface area (Å²) in [7, 11) is 0. The third-order valence-electron chi connectivity index (χ3n) is 4.89. The number of rotatable bonds is 10. The molecule has 0 bridgehead atoms. The van der Waals surface area contributed by atoms with E-state index < -0.39 is 0 Å². The van der Waals surface area contributed by atoms with Gasteiger partial charge in [-0.25, -0.2) is 15.0 Å². The molecule has 28 heavy (non-hydrogen) atoms. The Labute approximate surface area is 166 Å². The topological polar surface area (TPSA) is 78.3 Å². The summed E-state index contributed by atoms with van der Waals surface area (Å²) in [5.41, 5.74) is 8.35. The van der Waals surface area contributed by atoms with Gasteiger partial charge in [-0.1, -0.05) is 45.4 Å². The minimum Gasteiger partial charge on any atom is -0.380 e. The number of aryl methyl sites for hydroxylation is 1. The third-order valence-corrected chi connectivity index (χ3v) is 4.89. The second kappa shape index (κ2) is 8.80. The highest BCUT2D eigenvalue weighted by molar-refractivity contribution is 6.06. The number of nitrogens with two attached hydrogens (primary N) is 1. The van der Waals surface area contributed by atoms with Crippen LogP contribution in [0.15, 0.2) is 29.3 Å². The quantitative estimate of drug-likeness (QED) is 0.420. The van der Waals surface area contributed by atoms with Crippen LogP contribution in [-0.2, 0) is 17.7 Å². The van der Waals surface area contributed by atoms with Gasteiger partial charge in [0.25, 0.3) is 0 Å². The first kappa shape index (κ1) is 20.4. The first-order valence-electron chi connectivity index (χ1n) is 10.0. The van der Waals surface area contributed by atoms with Crippen molar-refractivity contribution in [2.75, 3.05) is 19.8 Å². The number of pyridine rings is 1. The van der Waals surface area contributed by atoms with E-state index in [1.807, 2.05) is 18.2 Å². The van der Waals surface area contributed by atoms with Gasteiger partial charge < -0.3 is 15.0 Å². The van der Waals surface area contributed by atoms with Crippen molar-refractivity contribution in [1.82, 2.24) is 14.5 Å². The highest BCUT2D eigenvalue weighted by Crippen LogP contribution is 2.33. The highest BCUT2D eigenvalue weighted by atomic mass is 16.5. The average molecular weight is 382 g/mol. The summed E-state index contributed by atoms with van der Waals surface area (Å²) in [6.45, 7) is 12.9. The molecule has 0 fully saturated rings. The Morgan fingerprint density at radius 2 is 2.04 bits per heavy atom. The fraction of sp³-hybridized carbons (Fsp3) is 0.500. The number of imidazole rings is 1. The van der Waals surface area contributed by atoms with E-state index in [1.54, 1.807) is 0 Å². The van der Waals surface area contributed by atoms with Crippen LogP contribution >= 0.6 is 0 Å². The second-order valence-corrected chi connectivity index (χ2v) is 8.03. The van der Waals surface area contributed by atoms with Gasteiger partial charge in [0, 0.05) is 30.3 Å². The lowest BCUT2D eigenvalue weighted by atomic mass is 9.94. The van der Waals surface area contributed by atoms with Crippen molar-refractivity contribution in [2.45, 2.75) is 46.6 Å². The van der Waals surface area contributed by atoms with Crippen molar-refractivity contribution in [1.29, 1.82) is 0 Å². The zero-order chi connectivity index (χ0) is 20.1. The average Bonchev–Trinajstić information content (AvgIpc) is 3.03. The van der Waals surface area contributed by atoms with Crippen LogP contribution in [0.4, 0.5) is 5.82 Å². The van der Waals surface area contributed by atoms with Gasteiger partial charge in [0.2, 0.25) is 0 Å². The van der Waals surface area contributed by atoms with Crippen molar-refractivity contribution in [2.24, 2.45) is 16.1 Å². The molecular weight excluding hydrogens is 350 g/mol. The molecule has 6 nitrogen and oxygen atoms in total. The fourth-order valence-electron chi connectivity index (χ4n) is 3.58. The van der Waals surface area contributed by atoms with Crippen LogP contribution in [-0.4, -0.2) is 41.0 Å². The molecule has 0 amide bonds. The number of unbranched alkanes of at least 4 members (excludes halogenated alkanes) is 1. The molecule has 0 aliphatic heterocycles. The minimum absolute atomic E-state index is 0.0596. The van der Waals surface area contributed by atoms with Gasteiger partial charge in [0.05, 0.1) is 24.2 Å². The summed E-state index contributed by atoms with van der Waals surface area (Å²) in [6, 6.07) is 8.17. The molecule has 0 atom stereocenters. The maximum Gasteiger partial charge on any atom is 0.180 e. The van der Waals surface area contributed by atoms with E-state index in [1.165, 1.54) is 0 Å². The van der Waals surface area contributed by atoms with Gasteiger partial charge in [-0.15, -0.1) is 0 Å². The molecule has 0 spiro atoms. The van der Waals surface area contributed by atoms with Gasteiger partial charge in [-0.2, -0.15) is 0 Å². The van der Waals surface area contributed by atoms with Crippen LogP contribution in [0.5, 0.6) is 0 Å². The number of aromatic nitrogens is 3. The van der Waals surface area contributed by atoms with E-state index in [0.717, 1.165) is 53.6 Å². The van der Waals surface area contributed by atoms with E-state index in [4.69, 9.17) is 15.5 Å². The molecule has 0 aliphatic carbocycles. The molecule has 0 saturated carbocycles. The lowest BCUT2D eigenvalue weighted by molar-refractivity contribution is 0.0579. The Balaban J connectivity index is 2.17.